The van der Waals surface area contributed by atoms with Crippen LogP contribution in [0.15, 0.2) is 30.3 Å². The van der Waals surface area contributed by atoms with E-state index in [-0.39, 0.29) is 5.97 Å². The Hall–Kier alpha value is -2.08. The van der Waals surface area contributed by atoms with Gasteiger partial charge in [-0.3, -0.25) is 4.79 Å². The van der Waals surface area contributed by atoms with Crippen molar-refractivity contribution in [3.8, 4) is 0 Å². The third kappa shape index (κ3) is 14.1. The van der Waals surface area contributed by atoms with Crippen molar-refractivity contribution in [1.29, 1.82) is 0 Å². The van der Waals surface area contributed by atoms with Gasteiger partial charge in [-0.25, -0.2) is 4.79 Å². The molecule has 0 radical (unpaired) electrons. The molecule has 0 saturated carbocycles. The van der Waals surface area contributed by atoms with Crippen LogP contribution >= 0.6 is 0 Å². The molecule has 32 heavy (non-hydrogen) atoms. The molecule has 1 aromatic carbocycles. The minimum Gasteiger partial charge on any atom is -0.461 e. The summed E-state index contributed by atoms with van der Waals surface area (Å²) in [5, 5.41) is 13.7. The van der Waals surface area contributed by atoms with Crippen molar-refractivity contribution in [1.82, 2.24) is 5.32 Å². The van der Waals surface area contributed by atoms with Crippen LogP contribution in [0.2, 0.25) is 0 Å². The van der Waals surface area contributed by atoms with E-state index in [0.29, 0.717) is 26.0 Å². The number of unbranched alkanes of at least 4 members (excludes halogenated alkanes) is 4. The molecule has 2 N–H and O–H groups in total. The topological polar surface area (TPSA) is 84.9 Å². The Bertz CT molecular complexity index is 656. The van der Waals surface area contributed by atoms with Gasteiger partial charge >= 0.3 is 12.1 Å². The summed E-state index contributed by atoms with van der Waals surface area (Å²) in [6, 6.07) is 9.70. The second-order valence-corrected chi connectivity index (χ2v) is 9.57. The summed E-state index contributed by atoms with van der Waals surface area (Å²) in [6.45, 7) is 8.27. The number of carbonyl (C=O) groups excluding carboxylic acids is 2. The SMILES string of the molecule is CCCC(O)(CCCCCCCC(=O)OCc1ccccc1)CCNC(=O)OC(C)(C)C. The third-order valence-electron chi connectivity index (χ3n) is 5.24. The second kappa shape index (κ2) is 14.9. The molecular weight excluding hydrogens is 406 g/mol. The van der Waals surface area contributed by atoms with E-state index in [9.17, 15) is 14.7 Å². The van der Waals surface area contributed by atoms with Crippen molar-refractivity contribution in [2.45, 2.75) is 110 Å². The average Bonchev–Trinajstić information content (AvgIpc) is 2.71. The predicted octanol–water partition coefficient (Wildman–Crippen LogP) is 5.91. The highest BCUT2D eigenvalue weighted by Crippen LogP contribution is 2.25. The summed E-state index contributed by atoms with van der Waals surface area (Å²) >= 11 is 0. The molecule has 6 heteroatoms. The van der Waals surface area contributed by atoms with E-state index >= 15 is 0 Å². The van der Waals surface area contributed by atoms with Crippen LogP contribution in [0.5, 0.6) is 0 Å². The quantitative estimate of drug-likeness (QED) is 0.257. The molecule has 0 aromatic heterocycles. The number of hydrogen-bond donors (Lipinski definition) is 2. The molecule has 6 nitrogen and oxygen atoms in total. The molecule has 0 aliphatic heterocycles. The highest BCUT2D eigenvalue weighted by atomic mass is 16.6. The Morgan fingerprint density at radius 2 is 1.59 bits per heavy atom. The Morgan fingerprint density at radius 1 is 0.938 bits per heavy atom. The molecule has 1 aromatic rings. The van der Waals surface area contributed by atoms with Crippen LogP contribution in [0.4, 0.5) is 4.79 Å². The fraction of sp³-hybridized carbons (Fsp3) is 0.692. The fourth-order valence-electron chi connectivity index (χ4n) is 3.62. The Morgan fingerprint density at radius 3 is 2.25 bits per heavy atom. The van der Waals surface area contributed by atoms with Gasteiger partial charge in [0.2, 0.25) is 0 Å². The van der Waals surface area contributed by atoms with Crippen LogP contribution < -0.4 is 5.32 Å². The van der Waals surface area contributed by atoms with Gasteiger partial charge in [-0.15, -0.1) is 0 Å². The lowest BCUT2D eigenvalue weighted by molar-refractivity contribution is -0.145. The Labute approximate surface area is 194 Å². The molecule has 0 fully saturated rings. The first-order valence-electron chi connectivity index (χ1n) is 12.0. The Kier molecular flexibility index (Phi) is 13.0. The fourth-order valence-corrected chi connectivity index (χ4v) is 3.62. The number of alkyl carbamates (subject to hydrolysis) is 1. The summed E-state index contributed by atoms with van der Waals surface area (Å²) in [5.74, 6) is -0.149. The molecule has 1 rings (SSSR count). The first-order chi connectivity index (χ1) is 15.1. The summed E-state index contributed by atoms with van der Waals surface area (Å²) in [5.41, 5.74) is -0.283. The molecule has 0 spiro atoms. The number of nitrogens with one attached hydrogen (secondary N) is 1. The van der Waals surface area contributed by atoms with Crippen molar-refractivity contribution in [2.24, 2.45) is 0 Å². The van der Waals surface area contributed by atoms with Crippen LogP contribution in [0, 0.1) is 0 Å². The zero-order valence-corrected chi connectivity index (χ0v) is 20.5. The van der Waals surface area contributed by atoms with Crippen LogP contribution in [-0.4, -0.2) is 34.9 Å². The standard InChI is InChI=1S/C26H43NO5/c1-5-17-26(30,19-20-27-24(29)32-25(2,3)4)18-13-8-6-7-12-16-23(28)31-21-22-14-10-9-11-15-22/h9-11,14-15,30H,5-8,12-13,16-21H2,1-4H3,(H,27,29). The van der Waals surface area contributed by atoms with Crippen molar-refractivity contribution in [2.75, 3.05) is 6.54 Å². The summed E-state index contributed by atoms with van der Waals surface area (Å²) in [6.07, 6.45) is 7.64. The number of rotatable bonds is 15. The zero-order valence-electron chi connectivity index (χ0n) is 20.5. The maximum Gasteiger partial charge on any atom is 0.407 e. The first kappa shape index (κ1) is 28.0. The largest absolute Gasteiger partial charge is 0.461 e. The number of benzene rings is 1. The van der Waals surface area contributed by atoms with Crippen molar-refractivity contribution < 1.29 is 24.2 Å². The second-order valence-electron chi connectivity index (χ2n) is 9.57. The summed E-state index contributed by atoms with van der Waals surface area (Å²) in [7, 11) is 0. The number of amides is 1. The van der Waals surface area contributed by atoms with Crippen molar-refractivity contribution in [3.05, 3.63) is 35.9 Å². The predicted molar refractivity (Wildman–Crippen MR) is 127 cm³/mol. The lowest BCUT2D eigenvalue weighted by Crippen LogP contribution is -2.37. The number of hydrogen-bond acceptors (Lipinski definition) is 5. The van der Waals surface area contributed by atoms with Gasteiger partial charge < -0.3 is 19.9 Å². The van der Waals surface area contributed by atoms with Gasteiger partial charge in [-0.05, 0) is 52.0 Å². The zero-order chi connectivity index (χ0) is 23.9. The van der Waals surface area contributed by atoms with Gasteiger partial charge in [0.25, 0.3) is 0 Å². The van der Waals surface area contributed by atoms with E-state index in [0.717, 1.165) is 56.9 Å². The highest BCUT2D eigenvalue weighted by Gasteiger charge is 2.25. The van der Waals surface area contributed by atoms with E-state index in [1.165, 1.54) is 0 Å². The van der Waals surface area contributed by atoms with Gasteiger partial charge in [0.15, 0.2) is 0 Å². The molecule has 1 amide bonds. The average molecular weight is 450 g/mol. The molecular formula is C26H43NO5. The third-order valence-corrected chi connectivity index (χ3v) is 5.24. The summed E-state index contributed by atoms with van der Waals surface area (Å²) < 4.78 is 10.5. The van der Waals surface area contributed by atoms with E-state index in [2.05, 4.69) is 12.2 Å². The normalized spacial score (nSPS) is 13.3. The number of carbonyl (C=O) groups is 2. The lowest BCUT2D eigenvalue weighted by atomic mass is 9.88. The van der Waals surface area contributed by atoms with Crippen LogP contribution in [-0.2, 0) is 20.9 Å². The smallest absolute Gasteiger partial charge is 0.407 e. The molecule has 0 heterocycles. The minimum absolute atomic E-state index is 0.149. The lowest BCUT2D eigenvalue weighted by Gasteiger charge is -2.28. The molecule has 0 aliphatic carbocycles. The van der Waals surface area contributed by atoms with Crippen LogP contribution in [0.25, 0.3) is 0 Å². The molecule has 1 unspecified atom stereocenters. The number of esters is 1. The van der Waals surface area contributed by atoms with E-state index < -0.39 is 17.3 Å². The van der Waals surface area contributed by atoms with Gasteiger partial charge in [0.05, 0.1) is 5.60 Å². The minimum atomic E-state index is -0.759. The maximum atomic E-state index is 11.8. The molecule has 0 bridgehead atoms. The molecule has 0 aliphatic rings. The highest BCUT2D eigenvalue weighted by molar-refractivity contribution is 5.69. The first-order valence-corrected chi connectivity index (χ1v) is 12.0. The molecule has 1 atom stereocenters. The Balaban J connectivity index is 2.14. The van der Waals surface area contributed by atoms with E-state index in [1.807, 2.05) is 51.1 Å². The van der Waals surface area contributed by atoms with E-state index in [1.54, 1.807) is 0 Å². The van der Waals surface area contributed by atoms with Crippen molar-refractivity contribution in [3.63, 3.8) is 0 Å². The number of aliphatic hydroxyl groups is 1. The van der Waals surface area contributed by atoms with Gasteiger partial charge in [0.1, 0.15) is 12.2 Å². The summed E-state index contributed by atoms with van der Waals surface area (Å²) in [4.78, 5) is 23.6. The van der Waals surface area contributed by atoms with Crippen LogP contribution in [0.3, 0.4) is 0 Å². The monoisotopic (exact) mass is 449 g/mol. The van der Waals surface area contributed by atoms with Gasteiger partial charge in [0, 0.05) is 13.0 Å². The molecule has 182 valence electrons. The van der Waals surface area contributed by atoms with Gasteiger partial charge in [-0.1, -0.05) is 69.4 Å². The molecule has 0 saturated heterocycles. The van der Waals surface area contributed by atoms with Gasteiger partial charge in [-0.2, -0.15) is 0 Å². The number of ether oxygens (including phenoxy) is 2. The van der Waals surface area contributed by atoms with E-state index in [4.69, 9.17) is 9.47 Å². The maximum absolute atomic E-state index is 11.8. The van der Waals surface area contributed by atoms with Crippen LogP contribution in [0.1, 0.15) is 97.5 Å². The van der Waals surface area contributed by atoms with Crippen molar-refractivity contribution >= 4 is 12.1 Å².